The van der Waals surface area contributed by atoms with Crippen LogP contribution in [0.15, 0.2) is 40.2 Å². The zero-order valence-corrected chi connectivity index (χ0v) is 12.7. The van der Waals surface area contributed by atoms with Crippen molar-refractivity contribution in [3.8, 4) is 0 Å². The van der Waals surface area contributed by atoms with Gasteiger partial charge < -0.3 is 0 Å². The molecular formula is C14H17BrN2S. The third kappa shape index (κ3) is 3.01. The molecular weight excluding hydrogens is 308 g/mol. The van der Waals surface area contributed by atoms with Gasteiger partial charge in [0.05, 0.1) is 6.04 Å². The average molecular weight is 325 g/mol. The molecule has 0 bridgehead atoms. The van der Waals surface area contributed by atoms with Crippen molar-refractivity contribution in [2.24, 2.45) is 5.84 Å². The third-order valence-electron chi connectivity index (χ3n) is 2.90. The minimum Gasteiger partial charge on any atom is -0.271 e. The molecule has 0 fully saturated rings. The normalized spacial score (nSPS) is 12.6. The Kier molecular flexibility index (Phi) is 4.95. The molecule has 4 heteroatoms. The Morgan fingerprint density at radius 2 is 2.22 bits per heavy atom. The molecule has 18 heavy (non-hydrogen) atoms. The van der Waals surface area contributed by atoms with E-state index in [-0.39, 0.29) is 6.04 Å². The Morgan fingerprint density at radius 1 is 1.39 bits per heavy atom. The largest absolute Gasteiger partial charge is 0.271 e. The highest BCUT2D eigenvalue weighted by atomic mass is 79.9. The number of rotatable bonds is 5. The van der Waals surface area contributed by atoms with E-state index in [0.29, 0.717) is 0 Å². The first-order valence-corrected chi connectivity index (χ1v) is 7.71. The van der Waals surface area contributed by atoms with Crippen LogP contribution in [0.2, 0.25) is 0 Å². The maximum absolute atomic E-state index is 5.72. The summed E-state index contributed by atoms with van der Waals surface area (Å²) in [5.74, 6) is 5.72. The molecule has 1 aromatic heterocycles. The first kappa shape index (κ1) is 13.7. The fraction of sp³-hybridized carbons (Fsp3) is 0.286. The summed E-state index contributed by atoms with van der Waals surface area (Å²) in [5, 5.41) is 2.07. The second-order valence-corrected chi connectivity index (χ2v) is 6.03. The number of hydrazine groups is 1. The molecule has 0 saturated heterocycles. The summed E-state index contributed by atoms with van der Waals surface area (Å²) in [6.45, 7) is 2.20. The molecule has 2 rings (SSSR count). The number of benzene rings is 1. The number of aryl methyl sites for hydroxylation is 1. The van der Waals surface area contributed by atoms with Gasteiger partial charge in [-0.15, -0.1) is 11.3 Å². The summed E-state index contributed by atoms with van der Waals surface area (Å²) in [4.78, 5) is 1.21. The summed E-state index contributed by atoms with van der Waals surface area (Å²) >= 11 is 5.28. The van der Waals surface area contributed by atoms with Crippen LogP contribution in [0, 0.1) is 0 Å². The van der Waals surface area contributed by atoms with E-state index in [9.17, 15) is 0 Å². The molecule has 0 saturated carbocycles. The minimum absolute atomic E-state index is 0.0520. The van der Waals surface area contributed by atoms with Crippen LogP contribution in [0.5, 0.6) is 0 Å². The van der Waals surface area contributed by atoms with Crippen molar-refractivity contribution in [1.29, 1.82) is 0 Å². The van der Waals surface area contributed by atoms with Crippen molar-refractivity contribution in [2.75, 3.05) is 0 Å². The van der Waals surface area contributed by atoms with Gasteiger partial charge in [-0.2, -0.15) is 0 Å². The Bertz CT molecular complexity index is 510. The Hall–Kier alpha value is -0.680. The Morgan fingerprint density at radius 3 is 2.83 bits per heavy atom. The van der Waals surface area contributed by atoms with Gasteiger partial charge in [0.1, 0.15) is 0 Å². The third-order valence-corrected chi connectivity index (χ3v) is 4.83. The van der Waals surface area contributed by atoms with E-state index in [4.69, 9.17) is 5.84 Å². The van der Waals surface area contributed by atoms with Crippen molar-refractivity contribution in [1.82, 2.24) is 5.43 Å². The zero-order chi connectivity index (χ0) is 13.0. The fourth-order valence-electron chi connectivity index (χ4n) is 2.05. The van der Waals surface area contributed by atoms with E-state index in [1.807, 2.05) is 0 Å². The molecule has 3 N–H and O–H groups in total. The average Bonchev–Trinajstić information content (AvgIpc) is 2.78. The Balaban J connectivity index is 2.33. The summed E-state index contributed by atoms with van der Waals surface area (Å²) in [7, 11) is 0. The Labute approximate surface area is 120 Å². The van der Waals surface area contributed by atoms with E-state index in [1.165, 1.54) is 16.0 Å². The first-order chi connectivity index (χ1) is 8.76. The highest BCUT2D eigenvalue weighted by molar-refractivity contribution is 9.10. The van der Waals surface area contributed by atoms with Crippen molar-refractivity contribution in [3.05, 3.63) is 56.2 Å². The van der Waals surface area contributed by atoms with Crippen molar-refractivity contribution < 1.29 is 0 Å². The molecule has 1 heterocycles. The maximum Gasteiger partial charge on any atom is 0.0813 e. The highest BCUT2D eigenvalue weighted by Gasteiger charge is 2.16. The molecule has 2 aromatic rings. The van der Waals surface area contributed by atoms with Crippen LogP contribution in [0.3, 0.4) is 0 Å². The monoisotopic (exact) mass is 324 g/mol. The number of nitrogens with two attached hydrogens (primary N) is 1. The van der Waals surface area contributed by atoms with Crippen molar-refractivity contribution in [3.63, 3.8) is 0 Å². The van der Waals surface area contributed by atoms with Gasteiger partial charge in [-0.1, -0.05) is 37.6 Å². The van der Waals surface area contributed by atoms with Crippen LogP contribution in [0.25, 0.3) is 0 Å². The van der Waals surface area contributed by atoms with Crippen LogP contribution in [-0.4, -0.2) is 0 Å². The summed E-state index contributed by atoms with van der Waals surface area (Å²) in [6, 6.07) is 10.7. The number of nitrogens with one attached hydrogen (secondary N) is 1. The first-order valence-electron chi connectivity index (χ1n) is 6.04. The quantitative estimate of drug-likeness (QED) is 0.644. The van der Waals surface area contributed by atoms with E-state index in [0.717, 1.165) is 17.3 Å². The van der Waals surface area contributed by atoms with Crippen LogP contribution < -0.4 is 11.3 Å². The molecule has 0 aliphatic carbocycles. The van der Waals surface area contributed by atoms with Gasteiger partial charge in [0.25, 0.3) is 0 Å². The van der Waals surface area contributed by atoms with E-state index >= 15 is 0 Å². The lowest BCUT2D eigenvalue weighted by atomic mass is 10.0. The van der Waals surface area contributed by atoms with Crippen LogP contribution in [0.1, 0.15) is 35.4 Å². The molecule has 0 radical (unpaired) electrons. The van der Waals surface area contributed by atoms with Gasteiger partial charge in [-0.25, -0.2) is 5.43 Å². The fourth-order valence-corrected chi connectivity index (χ4v) is 3.74. The van der Waals surface area contributed by atoms with Crippen molar-refractivity contribution >= 4 is 27.3 Å². The molecule has 0 aliphatic rings. The minimum atomic E-state index is 0.0520. The lowest BCUT2D eigenvalue weighted by Gasteiger charge is -2.16. The predicted molar refractivity (Wildman–Crippen MR) is 81.6 cm³/mol. The van der Waals surface area contributed by atoms with Crippen LogP contribution in [-0.2, 0) is 6.42 Å². The van der Waals surface area contributed by atoms with E-state index in [1.54, 1.807) is 11.3 Å². The number of thiophene rings is 1. The summed E-state index contributed by atoms with van der Waals surface area (Å²) in [5.41, 5.74) is 5.49. The molecule has 1 unspecified atom stereocenters. The molecule has 0 spiro atoms. The van der Waals surface area contributed by atoms with Crippen LogP contribution >= 0.6 is 27.3 Å². The smallest absolute Gasteiger partial charge is 0.0813 e. The van der Waals surface area contributed by atoms with Gasteiger partial charge >= 0.3 is 0 Å². The number of hydrogen-bond donors (Lipinski definition) is 2. The van der Waals surface area contributed by atoms with E-state index in [2.05, 4.69) is 64.0 Å². The lowest BCUT2D eigenvalue weighted by molar-refractivity contribution is 0.643. The van der Waals surface area contributed by atoms with E-state index < -0.39 is 0 Å². The molecule has 96 valence electrons. The van der Waals surface area contributed by atoms with Gasteiger partial charge in [0.2, 0.25) is 0 Å². The highest BCUT2D eigenvalue weighted by Crippen LogP contribution is 2.32. The van der Waals surface area contributed by atoms with Crippen LogP contribution in [0.4, 0.5) is 0 Å². The SMILES string of the molecule is CCCc1cccc(C(NN)c2sccc2Br)c1. The van der Waals surface area contributed by atoms with Gasteiger partial charge in [-0.3, -0.25) is 5.84 Å². The zero-order valence-electron chi connectivity index (χ0n) is 10.3. The van der Waals surface area contributed by atoms with Gasteiger partial charge in [0.15, 0.2) is 0 Å². The second kappa shape index (κ2) is 6.48. The molecule has 0 aliphatic heterocycles. The van der Waals surface area contributed by atoms with Gasteiger partial charge in [-0.05, 0) is 44.9 Å². The van der Waals surface area contributed by atoms with Gasteiger partial charge in [0, 0.05) is 9.35 Å². The lowest BCUT2D eigenvalue weighted by Crippen LogP contribution is -2.28. The topological polar surface area (TPSA) is 38.0 Å². The molecule has 2 nitrogen and oxygen atoms in total. The number of hydrogen-bond acceptors (Lipinski definition) is 3. The molecule has 1 atom stereocenters. The molecule has 1 aromatic carbocycles. The second-order valence-electron chi connectivity index (χ2n) is 4.23. The van der Waals surface area contributed by atoms with Crippen molar-refractivity contribution in [2.45, 2.75) is 25.8 Å². The summed E-state index contributed by atoms with van der Waals surface area (Å²) in [6.07, 6.45) is 2.27. The number of halogens is 1. The predicted octanol–water partition coefficient (Wildman–Crippen LogP) is 4.02. The maximum atomic E-state index is 5.72. The summed E-state index contributed by atoms with van der Waals surface area (Å²) < 4.78 is 1.11. The molecule has 0 amide bonds. The standard InChI is InChI=1S/C14H17BrN2S/c1-2-4-10-5-3-6-11(9-10)13(17-16)14-12(15)7-8-18-14/h3,5-9,13,17H,2,4,16H2,1H3.